The van der Waals surface area contributed by atoms with Crippen LogP contribution in [-0.4, -0.2) is 39.4 Å². The van der Waals surface area contributed by atoms with Crippen molar-refractivity contribution < 1.29 is 13.2 Å². The van der Waals surface area contributed by atoms with Gasteiger partial charge in [0.05, 0.1) is 10.6 Å². The number of fused-ring (bicyclic) bond motifs is 3. The van der Waals surface area contributed by atoms with Gasteiger partial charge in [-0.05, 0) is 56.1 Å². The molecule has 0 saturated carbocycles. The summed E-state index contributed by atoms with van der Waals surface area (Å²) in [5.74, 6) is 0. The summed E-state index contributed by atoms with van der Waals surface area (Å²) in [5, 5.41) is 0. The van der Waals surface area contributed by atoms with Crippen molar-refractivity contribution in [3.63, 3.8) is 0 Å². The number of aldehydes is 1. The maximum absolute atomic E-state index is 13.6. The number of anilines is 1. The molecule has 146 valence electrons. The standard InChI is InChI=1S/C22H24N2O3S/c1-17(16-25)12-13-22-14-15-23(2)21(22)24(20-11-7-6-10-19(20)22)28(26,27)18-8-4-3-5-9-18/h3-12,16,21H,13-15H2,1-2H3/b17-12+/t21-,22+/m0/s1. The normalized spacial score (nSPS) is 24.9. The van der Waals surface area contributed by atoms with E-state index in [1.54, 1.807) is 35.5 Å². The van der Waals surface area contributed by atoms with E-state index in [0.29, 0.717) is 16.9 Å². The van der Waals surface area contributed by atoms with E-state index in [1.165, 1.54) is 0 Å². The van der Waals surface area contributed by atoms with Crippen LogP contribution in [0.2, 0.25) is 0 Å². The van der Waals surface area contributed by atoms with Crippen molar-refractivity contribution in [1.82, 2.24) is 4.90 Å². The summed E-state index contributed by atoms with van der Waals surface area (Å²) in [4.78, 5) is 13.5. The molecular weight excluding hydrogens is 372 g/mol. The average molecular weight is 397 g/mol. The van der Waals surface area contributed by atoms with Crippen LogP contribution < -0.4 is 4.31 Å². The number of likely N-dealkylation sites (tertiary alicyclic amines) is 1. The number of hydrogen-bond donors (Lipinski definition) is 0. The third-order valence-corrected chi connectivity index (χ3v) is 7.78. The fraction of sp³-hybridized carbons (Fsp3) is 0.318. The molecule has 1 fully saturated rings. The largest absolute Gasteiger partial charge is 0.298 e. The van der Waals surface area contributed by atoms with Gasteiger partial charge in [-0.2, -0.15) is 0 Å². The van der Waals surface area contributed by atoms with Crippen molar-refractivity contribution in [1.29, 1.82) is 0 Å². The Morgan fingerprint density at radius 2 is 1.82 bits per heavy atom. The number of para-hydroxylation sites is 1. The minimum Gasteiger partial charge on any atom is -0.298 e. The van der Waals surface area contributed by atoms with Crippen molar-refractivity contribution >= 4 is 22.0 Å². The van der Waals surface area contributed by atoms with Crippen LogP contribution in [0.3, 0.4) is 0 Å². The van der Waals surface area contributed by atoms with Gasteiger partial charge in [0, 0.05) is 12.0 Å². The fourth-order valence-corrected chi connectivity index (χ4v) is 6.39. The number of benzene rings is 2. The molecule has 0 unspecified atom stereocenters. The molecule has 4 rings (SSSR count). The molecule has 0 N–H and O–H groups in total. The molecule has 2 aliphatic heterocycles. The second kappa shape index (κ2) is 6.87. The Kier molecular flexibility index (Phi) is 4.63. The van der Waals surface area contributed by atoms with Gasteiger partial charge in [0.1, 0.15) is 12.5 Å². The average Bonchev–Trinajstić information content (AvgIpc) is 3.20. The molecule has 0 spiro atoms. The highest BCUT2D eigenvalue weighted by molar-refractivity contribution is 7.92. The Bertz CT molecular complexity index is 1030. The van der Waals surface area contributed by atoms with Crippen LogP contribution in [0, 0.1) is 0 Å². The molecule has 2 aromatic rings. The molecule has 0 aromatic heterocycles. The first kappa shape index (κ1) is 18.9. The minimum absolute atomic E-state index is 0.292. The number of allylic oxidation sites excluding steroid dienone is 2. The molecule has 6 heteroatoms. The lowest BCUT2D eigenvalue weighted by atomic mass is 9.76. The lowest BCUT2D eigenvalue weighted by molar-refractivity contribution is -0.104. The quantitative estimate of drug-likeness (QED) is 0.575. The van der Waals surface area contributed by atoms with Crippen LogP contribution in [-0.2, 0) is 20.2 Å². The van der Waals surface area contributed by atoms with Crippen LogP contribution in [0.1, 0.15) is 25.3 Å². The van der Waals surface area contributed by atoms with Gasteiger partial charge >= 0.3 is 0 Å². The molecule has 28 heavy (non-hydrogen) atoms. The number of likely N-dealkylation sites (N-methyl/N-ethyl adjacent to an activating group) is 1. The van der Waals surface area contributed by atoms with E-state index in [1.807, 2.05) is 43.5 Å². The van der Waals surface area contributed by atoms with Crippen LogP contribution in [0.25, 0.3) is 0 Å². The zero-order chi connectivity index (χ0) is 19.9. The summed E-state index contributed by atoms with van der Waals surface area (Å²) < 4.78 is 28.9. The molecule has 2 aliphatic rings. The first-order valence-corrected chi connectivity index (χ1v) is 10.9. The Labute approximate surface area is 166 Å². The third-order valence-electron chi connectivity index (χ3n) is 6.00. The molecule has 2 aromatic carbocycles. The van der Waals surface area contributed by atoms with E-state index in [9.17, 15) is 13.2 Å². The van der Waals surface area contributed by atoms with Crippen molar-refractivity contribution in [2.75, 3.05) is 17.9 Å². The lowest BCUT2D eigenvalue weighted by Crippen LogP contribution is -2.50. The summed E-state index contributed by atoms with van der Waals surface area (Å²) in [5.41, 5.74) is 2.08. The smallest absolute Gasteiger partial charge is 0.265 e. The maximum atomic E-state index is 13.6. The Morgan fingerprint density at radius 3 is 2.54 bits per heavy atom. The maximum Gasteiger partial charge on any atom is 0.265 e. The highest BCUT2D eigenvalue weighted by atomic mass is 32.2. The number of carbonyl (C=O) groups excluding carboxylic acids is 1. The second-order valence-corrected chi connectivity index (χ2v) is 9.48. The van der Waals surface area contributed by atoms with E-state index in [4.69, 9.17) is 0 Å². The molecule has 2 atom stereocenters. The number of sulfonamides is 1. The number of carbonyl (C=O) groups is 1. The van der Waals surface area contributed by atoms with E-state index in [2.05, 4.69) is 4.90 Å². The molecule has 1 saturated heterocycles. The summed E-state index contributed by atoms with van der Waals surface area (Å²) in [6, 6.07) is 16.4. The van der Waals surface area contributed by atoms with Gasteiger partial charge in [0.2, 0.25) is 0 Å². The molecule has 0 amide bonds. The molecule has 0 radical (unpaired) electrons. The Balaban J connectivity index is 1.91. The Hall–Kier alpha value is -2.44. The topological polar surface area (TPSA) is 57.7 Å². The lowest BCUT2D eigenvalue weighted by Gasteiger charge is -2.36. The molecule has 0 bridgehead atoms. The van der Waals surface area contributed by atoms with Gasteiger partial charge in [0.25, 0.3) is 10.0 Å². The highest BCUT2D eigenvalue weighted by Gasteiger charge is 2.58. The van der Waals surface area contributed by atoms with Crippen LogP contribution in [0.4, 0.5) is 5.69 Å². The van der Waals surface area contributed by atoms with E-state index in [-0.39, 0.29) is 11.6 Å². The third kappa shape index (κ3) is 2.71. The van der Waals surface area contributed by atoms with Gasteiger partial charge < -0.3 is 0 Å². The van der Waals surface area contributed by atoms with Crippen LogP contribution >= 0.6 is 0 Å². The number of rotatable bonds is 5. The van der Waals surface area contributed by atoms with Gasteiger partial charge in [-0.1, -0.05) is 42.5 Å². The number of nitrogens with zero attached hydrogens (tertiary/aromatic N) is 2. The molecular formula is C22H24N2O3S. The summed E-state index contributed by atoms with van der Waals surface area (Å²) >= 11 is 0. The first-order chi connectivity index (χ1) is 13.4. The Morgan fingerprint density at radius 1 is 1.14 bits per heavy atom. The molecule has 5 nitrogen and oxygen atoms in total. The first-order valence-electron chi connectivity index (χ1n) is 9.43. The molecule has 2 heterocycles. The van der Waals surface area contributed by atoms with Crippen molar-refractivity contribution in [3.05, 3.63) is 71.8 Å². The minimum atomic E-state index is -3.72. The zero-order valence-electron chi connectivity index (χ0n) is 16.1. The highest BCUT2D eigenvalue weighted by Crippen LogP contribution is 2.55. The SMILES string of the molecule is C/C(C=O)=C\C[C@]12CCN(C)[C@H]1N(S(=O)(=O)c1ccccc1)c1ccccc12. The summed E-state index contributed by atoms with van der Waals surface area (Å²) in [7, 11) is -1.75. The second-order valence-electron chi connectivity index (χ2n) is 7.66. The predicted octanol–water partition coefficient (Wildman–Crippen LogP) is 3.33. The van der Waals surface area contributed by atoms with Gasteiger partial charge in [-0.15, -0.1) is 0 Å². The molecule has 0 aliphatic carbocycles. The van der Waals surface area contributed by atoms with E-state index in [0.717, 1.165) is 30.5 Å². The van der Waals surface area contributed by atoms with E-state index >= 15 is 0 Å². The number of hydrogen-bond acceptors (Lipinski definition) is 4. The van der Waals surface area contributed by atoms with Crippen LogP contribution in [0.15, 0.2) is 71.1 Å². The zero-order valence-corrected chi connectivity index (χ0v) is 16.9. The van der Waals surface area contributed by atoms with Gasteiger partial charge in [0.15, 0.2) is 0 Å². The summed E-state index contributed by atoms with van der Waals surface area (Å²) in [6.07, 6.45) is 3.95. The van der Waals surface area contributed by atoms with Crippen LogP contribution in [0.5, 0.6) is 0 Å². The monoisotopic (exact) mass is 396 g/mol. The fourth-order valence-electron chi connectivity index (χ4n) is 4.62. The van der Waals surface area contributed by atoms with Crippen molar-refractivity contribution in [2.45, 2.75) is 36.2 Å². The van der Waals surface area contributed by atoms with Crippen molar-refractivity contribution in [3.8, 4) is 0 Å². The van der Waals surface area contributed by atoms with Crippen molar-refractivity contribution in [2.24, 2.45) is 0 Å². The van der Waals surface area contributed by atoms with Gasteiger partial charge in [-0.3, -0.25) is 9.69 Å². The van der Waals surface area contributed by atoms with E-state index < -0.39 is 10.0 Å². The predicted molar refractivity (Wildman–Crippen MR) is 110 cm³/mol. The van der Waals surface area contributed by atoms with Gasteiger partial charge in [-0.25, -0.2) is 12.7 Å². The summed E-state index contributed by atoms with van der Waals surface area (Å²) in [6.45, 7) is 2.59.